The van der Waals surface area contributed by atoms with Gasteiger partial charge in [0.1, 0.15) is 0 Å². The molecule has 3 amide bonds. The third kappa shape index (κ3) is 5.05. The van der Waals surface area contributed by atoms with Gasteiger partial charge in [0, 0.05) is 31.7 Å². The van der Waals surface area contributed by atoms with E-state index < -0.39 is 27.0 Å². The maximum atomic E-state index is 13.6. The Kier molecular flexibility index (Phi) is 7.26. The highest BCUT2D eigenvalue weighted by molar-refractivity contribution is 7.92. The van der Waals surface area contributed by atoms with Gasteiger partial charge in [-0.05, 0) is 40.4 Å². The van der Waals surface area contributed by atoms with Gasteiger partial charge in [-0.2, -0.15) is 0 Å². The highest BCUT2D eigenvalue weighted by Crippen LogP contribution is 2.22. The Labute approximate surface area is 224 Å². The first-order valence-electron chi connectivity index (χ1n) is 12.1. The molecule has 1 unspecified atom stereocenters. The molecule has 0 radical (unpaired) electrons. The lowest BCUT2D eigenvalue weighted by atomic mass is 10.0. The lowest BCUT2D eigenvalue weighted by Gasteiger charge is -2.36. The van der Waals surface area contributed by atoms with Gasteiger partial charge < -0.3 is 15.1 Å². The molecule has 10 heteroatoms. The van der Waals surface area contributed by atoms with Crippen molar-refractivity contribution >= 4 is 49.7 Å². The van der Waals surface area contributed by atoms with Crippen LogP contribution in [0.5, 0.6) is 0 Å². The maximum Gasteiger partial charge on any atom is 0.262 e. The molecule has 38 heavy (non-hydrogen) atoms. The summed E-state index contributed by atoms with van der Waals surface area (Å²) >= 11 is 1.15. The van der Waals surface area contributed by atoms with E-state index in [0.29, 0.717) is 10.4 Å². The van der Waals surface area contributed by atoms with Gasteiger partial charge in [0.05, 0.1) is 9.77 Å². The summed E-state index contributed by atoms with van der Waals surface area (Å²) in [6.07, 6.45) is 0. The number of thiophene rings is 1. The molecule has 1 aromatic heterocycles. The average molecular weight is 548 g/mol. The molecule has 1 N–H and O–H groups in total. The lowest BCUT2D eigenvalue weighted by molar-refractivity contribution is -0.132. The monoisotopic (exact) mass is 547 g/mol. The zero-order valence-electron chi connectivity index (χ0n) is 20.3. The third-order valence-corrected chi connectivity index (χ3v) is 9.25. The largest absolute Gasteiger partial charge is 0.336 e. The van der Waals surface area contributed by atoms with Gasteiger partial charge in [0.2, 0.25) is 15.2 Å². The van der Waals surface area contributed by atoms with E-state index in [1.54, 1.807) is 46.7 Å². The van der Waals surface area contributed by atoms with E-state index in [9.17, 15) is 22.8 Å². The number of carbonyl (C=O) groups is 3. The molecule has 8 nitrogen and oxygen atoms in total. The molecule has 194 valence electrons. The lowest BCUT2D eigenvalue weighted by Crippen LogP contribution is -2.57. The molecule has 1 fully saturated rings. The molecule has 0 spiro atoms. The number of hydrogen-bond acceptors (Lipinski definition) is 6. The Hall–Kier alpha value is -4.02. The van der Waals surface area contributed by atoms with Crippen molar-refractivity contribution in [3.8, 4) is 0 Å². The molecular formula is C28H25N3O5S2. The summed E-state index contributed by atoms with van der Waals surface area (Å²) in [5.41, 5.74) is 0.579. The standard InChI is InChI=1S/C28H25N3O5S2/c32-25(24-14-7-19-37-24)29-26(38(35,36)21-10-2-1-3-11-21)28(34)31-17-15-30(16-18-31)27(33)23-13-6-9-20-8-4-5-12-22(20)23/h1-14,19,26H,15-18H2,(H,29,32). The van der Waals surface area contributed by atoms with Crippen LogP contribution < -0.4 is 5.32 Å². The van der Waals surface area contributed by atoms with Gasteiger partial charge in [-0.3, -0.25) is 14.4 Å². The van der Waals surface area contributed by atoms with Gasteiger partial charge >= 0.3 is 0 Å². The minimum absolute atomic E-state index is 0.0606. The van der Waals surface area contributed by atoms with Crippen LogP contribution in [0.25, 0.3) is 10.8 Å². The third-order valence-electron chi connectivity index (χ3n) is 6.51. The summed E-state index contributed by atoms with van der Waals surface area (Å²) in [6.45, 7) is 0.769. The van der Waals surface area contributed by atoms with Crippen molar-refractivity contribution in [1.82, 2.24) is 15.1 Å². The van der Waals surface area contributed by atoms with Crippen LogP contribution in [0.15, 0.2) is 95.2 Å². The fourth-order valence-corrected chi connectivity index (χ4v) is 6.61. The number of carbonyl (C=O) groups excluding carboxylic acids is 3. The van der Waals surface area contributed by atoms with E-state index >= 15 is 0 Å². The smallest absolute Gasteiger partial charge is 0.262 e. The molecule has 0 saturated carbocycles. The summed E-state index contributed by atoms with van der Waals surface area (Å²) in [5.74, 6) is -1.51. The first kappa shape index (κ1) is 25.6. The number of hydrogen-bond donors (Lipinski definition) is 1. The van der Waals surface area contributed by atoms with E-state index in [4.69, 9.17) is 0 Å². The molecule has 4 aromatic rings. The van der Waals surface area contributed by atoms with Crippen molar-refractivity contribution in [2.75, 3.05) is 26.2 Å². The molecule has 5 rings (SSSR count). The van der Waals surface area contributed by atoms with Gasteiger partial charge in [-0.1, -0.05) is 60.7 Å². The second-order valence-corrected chi connectivity index (χ2v) is 11.8. The Morgan fingerprint density at radius 2 is 1.42 bits per heavy atom. The van der Waals surface area contributed by atoms with Gasteiger partial charge in [-0.15, -0.1) is 11.3 Å². The van der Waals surface area contributed by atoms with Crippen molar-refractivity contribution in [3.05, 3.63) is 101 Å². The minimum atomic E-state index is -4.23. The predicted molar refractivity (Wildman–Crippen MR) is 146 cm³/mol. The fraction of sp³-hybridized carbons (Fsp3) is 0.179. The van der Waals surface area contributed by atoms with Crippen molar-refractivity contribution < 1.29 is 22.8 Å². The summed E-state index contributed by atoms with van der Waals surface area (Å²) in [7, 11) is -4.23. The summed E-state index contributed by atoms with van der Waals surface area (Å²) < 4.78 is 27.0. The minimum Gasteiger partial charge on any atom is -0.336 e. The van der Waals surface area contributed by atoms with Crippen LogP contribution in [-0.4, -0.2) is 67.5 Å². The van der Waals surface area contributed by atoms with Crippen LogP contribution >= 0.6 is 11.3 Å². The second kappa shape index (κ2) is 10.8. The quantitative estimate of drug-likeness (QED) is 0.399. The average Bonchev–Trinajstić information content (AvgIpc) is 3.51. The molecule has 1 atom stereocenters. The molecule has 1 aliphatic rings. The normalized spacial score (nSPS) is 14.7. The summed E-state index contributed by atoms with van der Waals surface area (Å²) in [5, 5.41) is 4.16. The van der Waals surface area contributed by atoms with E-state index in [1.807, 2.05) is 36.4 Å². The van der Waals surface area contributed by atoms with E-state index in [0.717, 1.165) is 22.1 Å². The Morgan fingerprint density at radius 3 is 2.13 bits per heavy atom. The molecule has 1 saturated heterocycles. The molecule has 0 bridgehead atoms. The topological polar surface area (TPSA) is 104 Å². The predicted octanol–water partition coefficient (Wildman–Crippen LogP) is 3.42. The molecule has 2 heterocycles. The van der Waals surface area contributed by atoms with Crippen LogP contribution in [0.2, 0.25) is 0 Å². The fourth-order valence-electron chi connectivity index (χ4n) is 4.49. The first-order valence-corrected chi connectivity index (χ1v) is 14.5. The van der Waals surface area contributed by atoms with Gasteiger partial charge in [-0.25, -0.2) is 8.42 Å². The maximum absolute atomic E-state index is 13.6. The van der Waals surface area contributed by atoms with Crippen molar-refractivity contribution in [1.29, 1.82) is 0 Å². The number of nitrogens with zero attached hydrogens (tertiary/aromatic N) is 2. The molecular weight excluding hydrogens is 522 g/mol. The van der Waals surface area contributed by atoms with Gasteiger partial charge in [0.25, 0.3) is 17.7 Å². The highest BCUT2D eigenvalue weighted by Gasteiger charge is 2.39. The van der Waals surface area contributed by atoms with Gasteiger partial charge in [0.15, 0.2) is 0 Å². The number of piperazine rings is 1. The zero-order chi connectivity index (χ0) is 26.7. The van der Waals surface area contributed by atoms with Crippen LogP contribution in [-0.2, 0) is 14.6 Å². The number of benzene rings is 3. The Balaban J connectivity index is 1.35. The number of fused-ring (bicyclic) bond motifs is 1. The Bertz CT molecular complexity index is 1570. The summed E-state index contributed by atoms with van der Waals surface area (Å²) in [6, 6.07) is 24.0. The second-order valence-electron chi connectivity index (χ2n) is 8.83. The van der Waals surface area contributed by atoms with E-state index in [1.165, 1.54) is 17.0 Å². The molecule has 0 aliphatic carbocycles. The van der Waals surface area contributed by atoms with Crippen molar-refractivity contribution in [2.45, 2.75) is 10.3 Å². The van der Waals surface area contributed by atoms with Crippen LogP contribution in [0.1, 0.15) is 20.0 Å². The molecule has 3 aromatic carbocycles. The van der Waals surface area contributed by atoms with Crippen molar-refractivity contribution in [3.63, 3.8) is 0 Å². The number of rotatable bonds is 6. The Morgan fingerprint density at radius 1 is 0.763 bits per heavy atom. The number of sulfone groups is 1. The number of amides is 3. The van der Waals surface area contributed by atoms with E-state index in [2.05, 4.69) is 5.32 Å². The SMILES string of the molecule is O=C(NC(C(=O)N1CCN(C(=O)c2cccc3ccccc23)CC1)S(=O)(=O)c1ccccc1)c1cccs1. The van der Waals surface area contributed by atoms with Crippen LogP contribution in [0.4, 0.5) is 0 Å². The van der Waals surface area contributed by atoms with Crippen LogP contribution in [0, 0.1) is 0 Å². The van der Waals surface area contributed by atoms with E-state index in [-0.39, 0.29) is 37.0 Å². The number of nitrogens with one attached hydrogen (secondary N) is 1. The zero-order valence-corrected chi connectivity index (χ0v) is 22.0. The molecule has 1 aliphatic heterocycles. The first-order chi connectivity index (χ1) is 18.4. The highest BCUT2D eigenvalue weighted by atomic mass is 32.2. The van der Waals surface area contributed by atoms with Crippen molar-refractivity contribution in [2.24, 2.45) is 0 Å². The van der Waals surface area contributed by atoms with Crippen LogP contribution in [0.3, 0.4) is 0 Å². The summed E-state index contributed by atoms with van der Waals surface area (Å²) in [4.78, 5) is 43.0.